The molecule has 10 nitrogen and oxygen atoms in total. The first-order valence-corrected chi connectivity index (χ1v) is 12.4. The molecule has 0 bridgehead atoms. The van der Waals surface area contributed by atoms with Crippen LogP contribution in [0.3, 0.4) is 0 Å². The normalized spacial score (nSPS) is 10.7. The zero-order valence-electron chi connectivity index (χ0n) is 21.9. The van der Waals surface area contributed by atoms with Gasteiger partial charge in [0.1, 0.15) is 0 Å². The van der Waals surface area contributed by atoms with Gasteiger partial charge in [0.15, 0.2) is 0 Å². The summed E-state index contributed by atoms with van der Waals surface area (Å²) in [4.78, 5) is 9.88. The maximum Gasteiger partial charge on any atom is -0.870 e. The Bertz CT molecular complexity index is 269. The maximum atomic E-state index is 8.83. The third-order valence-electron chi connectivity index (χ3n) is 5.04. The summed E-state index contributed by atoms with van der Waals surface area (Å²) in [6.45, 7) is 32.1. The van der Waals surface area contributed by atoms with E-state index in [2.05, 4.69) is 75.0 Å². The monoisotopic (exact) mass is 606 g/mol. The van der Waals surface area contributed by atoms with Gasteiger partial charge in [-0.3, -0.25) is 0 Å². The Labute approximate surface area is 227 Å². The number of likely N-dealkylation sites (N-methyl/N-ethyl adjacent to an activating group) is 4. The van der Waals surface area contributed by atoms with Gasteiger partial charge in [-0.2, -0.15) is 0 Å². The fraction of sp³-hybridized carbons (Fsp3) is 1.00. The molecular weight excluding hydrogens is 555 g/mol. The van der Waals surface area contributed by atoms with Gasteiger partial charge in [0.2, 0.25) is 0 Å². The first kappa shape index (κ1) is 50.7. The Hall–Kier alpha value is 0.929. The minimum absolute atomic E-state index is 0. The third kappa shape index (κ3) is 43.4. The Morgan fingerprint density at radius 3 is 0.606 bits per heavy atom. The number of hydrogen-bond donors (Lipinski definition) is 3. The van der Waals surface area contributed by atoms with Crippen LogP contribution in [-0.2, 0) is 34.1 Å². The Kier molecular flexibility index (Phi) is 53.9. The van der Waals surface area contributed by atoms with Gasteiger partial charge >= 0.3 is 63.0 Å². The minimum atomic E-state index is -4.19. The molecule has 0 saturated carbocycles. The van der Waals surface area contributed by atoms with Gasteiger partial charge in [-0.25, -0.2) is 0 Å². The molecule has 0 atom stereocenters. The fourth-order valence-electron chi connectivity index (χ4n) is 2.73. The average Bonchev–Trinajstić information content (AvgIpc) is 2.68. The van der Waals surface area contributed by atoms with Crippen molar-refractivity contribution in [3.63, 3.8) is 0 Å². The van der Waals surface area contributed by atoms with Crippen molar-refractivity contribution in [2.75, 3.05) is 78.5 Å². The van der Waals surface area contributed by atoms with E-state index in [1.54, 1.807) is 0 Å². The summed E-state index contributed by atoms with van der Waals surface area (Å²) in [5.74, 6) is 0. The van der Waals surface area contributed by atoms with E-state index in [9.17, 15) is 0 Å². The molecular formula is C20H53ClCu2N4O6+2. The molecule has 0 saturated heterocycles. The van der Waals surface area contributed by atoms with Gasteiger partial charge in [-0.1, -0.05) is 55.4 Å². The van der Waals surface area contributed by atoms with Crippen LogP contribution in [0.15, 0.2) is 0 Å². The first-order chi connectivity index (χ1) is 13.6. The molecule has 0 aromatic heterocycles. The number of halogens is 1. The second-order valence-electron chi connectivity index (χ2n) is 6.54. The molecule has 0 aliphatic carbocycles. The molecule has 2 radical (unpaired) electrons. The fourth-order valence-corrected chi connectivity index (χ4v) is 2.73. The third-order valence-corrected chi connectivity index (χ3v) is 5.04. The first-order valence-electron chi connectivity index (χ1n) is 11.1. The molecule has 0 fully saturated rings. The summed E-state index contributed by atoms with van der Waals surface area (Å²) < 4.78 is 30.2. The van der Waals surface area contributed by atoms with Crippen LogP contribution in [0.25, 0.3) is 0 Å². The van der Waals surface area contributed by atoms with Crippen molar-refractivity contribution in [3.8, 4) is 0 Å². The van der Waals surface area contributed by atoms with Gasteiger partial charge in [-0.05, 0) is 52.4 Å². The molecule has 0 aliphatic heterocycles. The van der Waals surface area contributed by atoms with Crippen LogP contribution in [-0.4, -0.2) is 123 Å². The van der Waals surface area contributed by atoms with Crippen LogP contribution >= 0.6 is 0 Å². The standard InChI is InChI=1S/2C10H24N2.ClH3O4.2Cu.2H2O/c2*1-5-11(6-2)9-10-12(7-3)8-4;2-1(3,4)5;;;;/h2*5-10H2,1-4H3;2-4H;;;2*1H2/q;;;2*+2;;/p-2. The van der Waals surface area contributed by atoms with Crippen LogP contribution < -0.4 is 4.66 Å². The quantitative estimate of drug-likeness (QED) is 0.232. The SMILES string of the molecule is CCN(CC)CCN(CC)CC.CCN(CC)CCN(CC)CC.[Cu+2].[Cu+2].[O-][Cl+](O)(O)O.[OH-].[OH-]. The van der Waals surface area contributed by atoms with Crippen LogP contribution in [0, 0.1) is 10.2 Å². The molecule has 0 aromatic rings. The van der Waals surface area contributed by atoms with Crippen molar-refractivity contribution in [2.45, 2.75) is 55.4 Å². The van der Waals surface area contributed by atoms with E-state index in [-0.39, 0.29) is 45.1 Å². The summed E-state index contributed by atoms with van der Waals surface area (Å²) in [6, 6.07) is 0. The van der Waals surface area contributed by atoms with Crippen molar-refractivity contribution < 1.29 is 74.0 Å². The summed E-state index contributed by atoms with van der Waals surface area (Å²) in [6.07, 6.45) is 0. The largest absolute Gasteiger partial charge is 0.870 e. The van der Waals surface area contributed by atoms with Crippen LogP contribution in [0.5, 0.6) is 0 Å². The number of rotatable bonds is 14. The summed E-state index contributed by atoms with van der Waals surface area (Å²) in [7, 11) is -4.19. The number of nitrogens with zero attached hydrogens (tertiary/aromatic N) is 4. The Morgan fingerprint density at radius 2 is 0.545 bits per heavy atom. The second-order valence-corrected chi connectivity index (χ2v) is 7.41. The molecule has 0 amide bonds. The van der Waals surface area contributed by atoms with E-state index in [0.717, 1.165) is 0 Å². The molecule has 0 aromatic carbocycles. The molecule has 0 rings (SSSR count). The van der Waals surface area contributed by atoms with Crippen molar-refractivity contribution in [1.82, 2.24) is 19.6 Å². The minimum Gasteiger partial charge on any atom is -0.870 e. The number of hydrogen-bond acceptors (Lipinski definition) is 10. The van der Waals surface area contributed by atoms with Crippen LogP contribution in [0.1, 0.15) is 55.4 Å². The van der Waals surface area contributed by atoms with Gasteiger partial charge in [-0.15, -0.1) is 0 Å². The van der Waals surface area contributed by atoms with Crippen LogP contribution in [0.2, 0.25) is 0 Å². The van der Waals surface area contributed by atoms with E-state index in [0.29, 0.717) is 0 Å². The predicted molar refractivity (Wildman–Crippen MR) is 122 cm³/mol. The van der Waals surface area contributed by atoms with Crippen molar-refractivity contribution in [3.05, 3.63) is 0 Å². The predicted octanol–water partition coefficient (Wildman–Crippen LogP) is 0.121. The van der Waals surface area contributed by atoms with Crippen molar-refractivity contribution in [2.24, 2.45) is 0 Å². The molecule has 0 heterocycles. The average molecular weight is 608 g/mol. The zero-order chi connectivity index (χ0) is 23.3. The molecule has 0 aliphatic rings. The Morgan fingerprint density at radius 1 is 0.455 bits per heavy atom. The maximum absolute atomic E-state index is 8.83. The van der Waals surface area contributed by atoms with Crippen molar-refractivity contribution in [1.29, 1.82) is 0 Å². The van der Waals surface area contributed by atoms with Gasteiger partial charge in [0, 0.05) is 26.2 Å². The molecule has 0 spiro atoms. The van der Waals surface area contributed by atoms with Gasteiger partial charge < -0.3 is 30.6 Å². The van der Waals surface area contributed by atoms with Gasteiger partial charge in [0.05, 0.1) is 0 Å². The van der Waals surface area contributed by atoms with E-state index in [1.165, 1.54) is 78.5 Å². The molecule has 0 unspecified atom stereocenters. The van der Waals surface area contributed by atoms with E-state index < -0.39 is 10.2 Å². The van der Waals surface area contributed by atoms with Gasteiger partial charge in [0.25, 0.3) is 0 Å². The van der Waals surface area contributed by atoms with E-state index in [1.807, 2.05) is 0 Å². The topological polar surface area (TPSA) is 157 Å². The molecule has 216 valence electrons. The summed E-state index contributed by atoms with van der Waals surface area (Å²) >= 11 is 0. The zero-order valence-corrected chi connectivity index (χ0v) is 24.5. The van der Waals surface area contributed by atoms with Crippen molar-refractivity contribution >= 4 is 0 Å². The van der Waals surface area contributed by atoms with Crippen LogP contribution in [0.4, 0.5) is 0 Å². The summed E-state index contributed by atoms with van der Waals surface area (Å²) in [5.41, 5.74) is 0. The summed E-state index contributed by atoms with van der Waals surface area (Å²) in [5, 5.41) is 0. The molecule has 5 N–H and O–H groups in total. The Balaban J connectivity index is -0.0000000619. The molecule has 33 heavy (non-hydrogen) atoms. The van der Waals surface area contributed by atoms with E-state index in [4.69, 9.17) is 18.6 Å². The smallest absolute Gasteiger partial charge is 0.870 e. The second kappa shape index (κ2) is 35.1. The van der Waals surface area contributed by atoms with E-state index >= 15 is 0 Å². The molecule has 13 heteroatoms.